The number of hydrogen-bond donors (Lipinski definition) is 1. The van der Waals surface area contributed by atoms with Crippen molar-refractivity contribution in [1.29, 1.82) is 0 Å². The van der Waals surface area contributed by atoms with E-state index in [1.54, 1.807) is 12.1 Å². The van der Waals surface area contributed by atoms with E-state index in [1.807, 2.05) is 0 Å². The van der Waals surface area contributed by atoms with Gasteiger partial charge in [-0.2, -0.15) is 0 Å². The second-order valence-corrected chi connectivity index (χ2v) is 6.16. The summed E-state index contributed by atoms with van der Waals surface area (Å²) >= 11 is 0. The van der Waals surface area contributed by atoms with Gasteiger partial charge in [0.05, 0.1) is 0 Å². The van der Waals surface area contributed by atoms with Crippen LogP contribution in [0.5, 0.6) is 5.75 Å². The molecular weight excluding hydrogens is 222 g/mol. The van der Waals surface area contributed by atoms with Gasteiger partial charge in [-0.1, -0.05) is 25.5 Å². The molecule has 0 radical (unpaired) electrons. The predicted octanol–water partition coefficient (Wildman–Crippen LogP) is 3.23. The third kappa shape index (κ3) is 2.39. The van der Waals surface area contributed by atoms with Crippen LogP contribution >= 0.6 is 0 Å². The van der Waals surface area contributed by atoms with Gasteiger partial charge in [-0.05, 0) is 48.3 Å². The van der Waals surface area contributed by atoms with E-state index in [4.69, 9.17) is 0 Å². The summed E-state index contributed by atoms with van der Waals surface area (Å²) in [5, 5.41) is 9.32. The van der Waals surface area contributed by atoms with Crippen LogP contribution in [-0.2, 0) is 0 Å². The molecule has 18 heavy (non-hydrogen) atoms. The lowest BCUT2D eigenvalue weighted by Crippen LogP contribution is -2.26. The lowest BCUT2D eigenvalue weighted by Gasteiger charge is -2.22. The minimum atomic E-state index is 0.363. The molecule has 1 heterocycles. The maximum absolute atomic E-state index is 9.32. The van der Waals surface area contributed by atoms with Crippen molar-refractivity contribution in [1.82, 2.24) is 4.90 Å². The molecular formula is C16H23NO. The van der Waals surface area contributed by atoms with E-state index >= 15 is 0 Å². The molecule has 0 bridgehead atoms. The lowest BCUT2D eigenvalue weighted by molar-refractivity contribution is 0.296. The number of likely N-dealkylation sites (tertiary alicyclic amines) is 1. The van der Waals surface area contributed by atoms with Crippen LogP contribution < -0.4 is 0 Å². The van der Waals surface area contributed by atoms with Crippen LogP contribution in [-0.4, -0.2) is 29.6 Å². The van der Waals surface area contributed by atoms with Crippen molar-refractivity contribution in [3.8, 4) is 5.75 Å². The van der Waals surface area contributed by atoms with Crippen LogP contribution in [0.4, 0.5) is 0 Å². The summed E-state index contributed by atoms with van der Waals surface area (Å²) in [6, 6.07) is 7.70. The fourth-order valence-corrected chi connectivity index (χ4v) is 3.78. The van der Waals surface area contributed by atoms with Gasteiger partial charge in [0.1, 0.15) is 5.75 Å². The van der Waals surface area contributed by atoms with Crippen molar-refractivity contribution >= 4 is 0 Å². The Hall–Kier alpha value is -1.02. The molecule has 1 aromatic rings. The Labute approximate surface area is 110 Å². The largest absolute Gasteiger partial charge is 0.508 e. The van der Waals surface area contributed by atoms with Crippen molar-refractivity contribution in [3.05, 3.63) is 29.8 Å². The number of nitrogens with zero attached hydrogens (tertiary/aromatic N) is 1. The zero-order valence-electron chi connectivity index (χ0n) is 11.2. The summed E-state index contributed by atoms with van der Waals surface area (Å²) in [5.41, 5.74) is 1.34. The quantitative estimate of drug-likeness (QED) is 0.883. The summed E-state index contributed by atoms with van der Waals surface area (Å²) in [7, 11) is 0. The zero-order chi connectivity index (χ0) is 12.5. The third-order valence-electron chi connectivity index (χ3n) is 4.80. The molecule has 1 N–H and O–H groups in total. The number of hydrogen-bond acceptors (Lipinski definition) is 2. The van der Waals surface area contributed by atoms with Crippen molar-refractivity contribution in [2.24, 2.45) is 11.8 Å². The lowest BCUT2D eigenvalue weighted by atomic mass is 10.0. The van der Waals surface area contributed by atoms with Crippen LogP contribution in [0, 0.1) is 11.8 Å². The van der Waals surface area contributed by atoms with Gasteiger partial charge in [0, 0.05) is 19.6 Å². The van der Waals surface area contributed by atoms with Crippen LogP contribution in [0.2, 0.25) is 0 Å². The standard InChI is InChI=1S/C16H23NO/c1-12(13-5-7-16(18)8-6-13)9-17-10-14-3-2-4-15(14)11-17/h5-8,12,14-15,18H,2-4,9-11H2,1H3. The molecule has 3 atom stereocenters. The van der Waals surface area contributed by atoms with Crippen molar-refractivity contribution in [2.75, 3.05) is 19.6 Å². The molecule has 0 amide bonds. The first-order valence-electron chi connectivity index (χ1n) is 7.23. The SMILES string of the molecule is CC(CN1CC2CCCC2C1)c1ccc(O)cc1. The summed E-state index contributed by atoms with van der Waals surface area (Å²) in [6.45, 7) is 6.08. The summed E-state index contributed by atoms with van der Waals surface area (Å²) in [6.07, 6.45) is 4.36. The van der Waals surface area contributed by atoms with Gasteiger partial charge in [0.15, 0.2) is 0 Å². The van der Waals surface area contributed by atoms with Crippen molar-refractivity contribution in [2.45, 2.75) is 32.1 Å². The molecule has 0 spiro atoms. The molecule has 2 aliphatic rings. The Kier molecular flexibility index (Phi) is 3.29. The van der Waals surface area contributed by atoms with Gasteiger partial charge in [-0.3, -0.25) is 0 Å². The Bertz CT molecular complexity index is 388. The van der Waals surface area contributed by atoms with Crippen molar-refractivity contribution in [3.63, 3.8) is 0 Å². The second kappa shape index (κ2) is 4.93. The van der Waals surface area contributed by atoms with Gasteiger partial charge in [-0.15, -0.1) is 0 Å². The maximum atomic E-state index is 9.32. The minimum Gasteiger partial charge on any atom is -0.508 e. The van der Waals surface area contributed by atoms with E-state index in [-0.39, 0.29) is 0 Å². The highest BCUT2D eigenvalue weighted by Crippen LogP contribution is 2.38. The van der Waals surface area contributed by atoms with E-state index in [9.17, 15) is 5.11 Å². The molecule has 1 aromatic carbocycles. The van der Waals surface area contributed by atoms with E-state index in [2.05, 4.69) is 24.0 Å². The fraction of sp³-hybridized carbons (Fsp3) is 0.625. The molecule has 2 nitrogen and oxygen atoms in total. The fourth-order valence-electron chi connectivity index (χ4n) is 3.78. The van der Waals surface area contributed by atoms with E-state index < -0.39 is 0 Å². The number of rotatable bonds is 3. The van der Waals surface area contributed by atoms with Gasteiger partial charge < -0.3 is 10.0 Å². The van der Waals surface area contributed by atoms with E-state index in [0.29, 0.717) is 11.7 Å². The molecule has 98 valence electrons. The Morgan fingerprint density at radius 2 is 1.78 bits per heavy atom. The highest BCUT2D eigenvalue weighted by atomic mass is 16.3. The Morgan fingerprint density at radius 3 is 2.39 bits per heavy atom. The molecule has 2 fully saturated rings. The topological polar surface area (TPSA) is 23.5 Å². The molecule has 0 aromatic heterocycles. The summed E-state index contributed by atoms with van der Waals surface area (Å²) in [4.78, 5) is 2.64. The minimum absolute atomic E-state index is 0.363. The number of phenolic OH excluding ortho intramolecular Hbond substituents is 1. The number of phenols is 1. The first kappa shape index (κ1) is 12.0. The molecule has 1 saturated heterocycles. The second-order valence-electron chi connectivity index (χ2n) is 6.16. The van der Waals surface area contributed by atoms with Gasteiger partial charge >= 0.3 is 0 Å². The van der Waals surface area contributed by atoms with Crippen LogP contribution in [0.3, 0.4) is 0 Å². The highest BCUT2D eigenvalue weighted by molar-refractivity contribution is 5.28. The molecule has 3 rings (SSSR count). The monoisotopic (exact) mass is 245 g/mol. The molecule has 1 saturated carbocycles. The highest BCUT2D eigenvalue weighted by Gasteiger charge is 2.36. The molecule has 3 unspecified atom stereocenters. The molecule has 2 heteroatoms. The Morgan fingerprint density at radius 1 is 1.17 bits per heavy atom. The Balaban J connectivity index is 1.58. The number of aromatic hydroxyl groups is 1. The van der Waals surface area contributed by atoms with Crippen molar-refractivity contribution < 1.29 is 5.11 Å². The molecule has 1 aliphatic heterocycles. The zero-order valence-corrected chi connectivity index (χ0v) is 11.2. The summed E-state index contributed by atoms with van der Waals surface area (Å²) < 4.78 is 0. The third-order valence-corrected chi connectivity index (χ3v) is 4.80. The average Bonchev–Trinajstić information content (AvgIpc) is 2.90. The van der Waals surface area contributed by atoms with Crippen LogP contribution in [0.25, 0.3) is 0 Å². The predicted molar refractivity (Wildman–Crippen MR) is 73.8 cm³/mol. The normalized spacial score (nSPS) is 29.4. The summed E-state index contributed by atoms with van der Waals surface area (Å²) in [5.74, 6) is 2.89. The number of benzene rings is 1. The smallest absolute Gasteiger partial charge is 0.115 e. The first-order valence-corrected chi connectivity index (χ1v) is 7.23. The van der Waals surface area contributed by atoms with Crippen LogP contribution in [0.15, 0.2) is 24.3 Å². The first-order chi connectivity index (χ1) is 8.72. The van der Waals surface area contributed by atoms with Gasteiger partial charge in [-0.25, -0.2) is 0 Å². The van der Waals surface area contributed by atoms with E-state index in [0.717, 1.165) is 18.4 Å². The average molecular weight is 245 g/mol. The van der Waals surface area contributed by atoms with Gasteiger partial charge in [0.25, 0.3) is 0 Å². The maximum Gasteiger partial charge on any atom is 0.115 e. The van der Waals surface area contributed by atoms with Gasteiger partial charge in [0.2, 0.25) is 0 Å². The van der Waals surface area contributed by atoms with Crippen LogP contribution in [0.1, 0.15) is 37.7 Å². The molecule has 1 aliphatic carbocycles. The van der Waals surface area contributed by atoms with E-state index in [1.165, 1.54) is 37.9 Å². The number of fused-ring (bicyclic) bond motifs is 1.